The van der Waals surface area contributed by atoms with Crippen molar-refractivity contribution < 1.29 is 14.3 Å². The molecule has 196 valence electrons. The van der Waals surface area contributed by atoms with Crippen LogP contribution in [-0.4, -0.2) is 35.9 Å². The second kappa shape index (κ2) is 15.2. The van der Waals surface area contributed by atoms with Crippen molar-refractivity contribution in [2.45, 2.75) is 58.5 Å². The first-order valence-corrected chi connectivity index (χ1v) is 13.8. The molecule has 3 aromatic rings. The van der Waals surface area contributed by atoms with Crippen LogP contribution in [0.2, 0.25) is 0 Å². The Morgan fingerprint density at radius 1 is 0.919 bits per heavy atom. The molecule has 0 unspecified atom stereocenters. The fraction of sp³-hybridized carbons (Fsp3) is 0.355. The van der Waals surface area contributed by atoms with Gasteiger partial charge in [-0.1, -0.05) is 89.4 Å². The third-order valence-electron chi connectivity index (χ3n) is 6.19. The van der Waals surface area contributed by atoms with E-state index >= 15 is 0 Å². The Balaban J connectivity index is 1.76. The molecule has 0 bridgehead atoms. The third-order valence-corrected chi connectivity index (χ3v) is 6.72. The number of carbonyl (C=O) groups excluding carboxylic acids is 2. The van der Waals surface area contributed by atoms with E-state index in [-0.39, 0.29) is 11.8 Å². The summed E-state index contributed by atoms with van der Waals surface area (Å²) in [4.78, 5) is 28.8. The van der Waals surface area contributed by atoms with Crippen molar-refractivity contribution >= 4 is 27.7 Å². The quantitative estimate of drug-likeness (QED) is 0.228. The fourth-order valence-corrected chi connectivity index (χ4v) is 4.30. The van der Waals surface area contributed by atoms with Gasteiger partial charge in [0.25, 0.3) is 0 Å². The summed E-state index contributed by atoms with van der Waals surface area (Å²) in [5, 5.41) is 3.06. The number of nitrogens with zero attached hydrogens (tertiary/aromatic N) is 1. The molecule has 5 nitrogen and oxygen atoms in total. The van der Waals surface area contributed by atoms with Gasteiger partial charge < -0.3 is 15.0 Å². The van der Waals surface area contributed by atoms with Crippen LogP contribution in [0.3, 0.4) is 0 Å². The van der Waals surface area contributed by atoms with Crippen molar-refractivity contribution in [3.8, 4) is 5.75 Å². The first kappa shape index (κ1) is 28.5. The molecule has 0 fully saturated rings. The van der Waals surface area contributed by atoms with Gasteiger partial charge in [-0.05, 0) is 55.2 Å². The smallest absolute Gasteiger partial charge is 0.243 e. The molecular weight excluding hydrogens is 528 g/mol. The zero-order chi connectivity index (χ0) is 26.5. The standard InChI is InChI=1S/C31H37BrN2O3/c1-3-4-20-33-31(36)29(22-25-9-6-5-7-10-25)34(23-26-14-16-27(32)17-15-26)30(35)11-8-21-37-28-18-12-24(2)13-19-28/h5-7,9-10,12-19,29H,3-4,8,11,20-23H2,1-2H3,(H,33,36)/t29-/m0/s1. The molecule has 0 spiro atoms. The van der Waals surface area contributed by atoms with Gasteiger partial charge in [-0.2, -0.15) is 0 Å². The van der Waals surface area contributed by atoms with Crippen molar-refractivity contribution in [2.24, 2.45) is 0 Å². The number of carbonyl (C=O) groups is 2. The Labute approximate surface area is 229 Å². The number of benzene rings is 3. The normalized spacial score (nSPS) is 11.5. The second-order valence-corrected chi connectivity index (χ2v) is 10.2. The van der Waals surface area contributed by atoms with Crippen LogP contribution in [0.25, 0.3) is 0 Å². The van der Waals surface area contributed by atoms with E-state index in [0.717, 1.165) is 34.2 Å². The van der Waals surface area contributed by atoms with Crippen molar-refractivity contribution in [2.75, 3.05) is 13.2 Å². The number of hydrogen-bond donors (Lipinski definition) is 1. The molecule has 37 heavy (non-hydrogen) atoms. The number of hydrogen-bond acceptors (Lipinski definition) is 3. The summed E-state index contributed by atoms with van der Waals surface area (Å²) in [5.41, 5.74) is 3.18. The van der Waals surface area contributed by atoms with Gasteiger partial charge in [0.1, 0.15) is 11.8 Å². The lowest BCUT2D eigenvalue weighted by molar-refractivity contribution is -0.141. The van der Waals surface area contributed by atoms with E-state index in [9.17, 15) is 9.59 Å². The molecular formula is C31H37BrN2O3. The van der Waals surface area contributed by atoms with Crippen LogP contribution in [0.15, 0.2) is 83.3 Å². The summed E-state index contributed by atoms with van der Waals surface area (Å²) in [6, 6.07) is 25.1. The van der Waals surface area contributed by atoms with Gasteiger partial charge in [0.05, 0.1) is 6.61 Å². The van der Waals surface area contributed by atoms with E-state index < -0.39 is 6.04 Å². The van der Waals surface area contributed by atoms with Gasteiger partial charge >= 0.3 is 0 Å². The van der Waals surface area contributed by atoms with Crippen LogP contribution >= 0.6 is 15.9 Å². The maximum Gasteiger partial charge on any atom is 0.243 e. The van der Waals surface area contributed by atoms with Crippen LogP contribution in [0.1, 0.15) is 49.3 Å². The summed E-state index contributed by atoms with van der Waals surface area (Å²) < 4.78 is 6.81. The van der Waals surface area contributed by atoms with E-state index in [2.05, 4.69) is 28.2 Å². The molecule has 3 aromatic carbocycles. The molecule has 0 saturated carbocycles. The molecule has 3 rings (SSSR count). The molecule has 0 heterocycles. The predicted octanol–water partition coefficient (Wildman–Crippen LogP) is 6.47. The molecule has 1 N–H and O–H groups in total. The van der Waals surface area contributed by atoms with Crippen molar-refractivity contribution in [1.82, 2.24) is 10.2 Å². The van der Waals surface area contributed by atoms with E-state index in [1.54, 1.807) is 4.90 Å². The average Bonchev–Trinajstić information content (AvgIpc) is 2.91. The maximum absolute atomic E-state index is 13.6. The first-order chi connectivity index (χ1) is 18.0. The Hall–Kier alpha value is -3.12. The van der Waals surface area contributed by atoms with Crippen LogP contribution in [0, 0.1) is 6.92 Å². The van der Waals surface area contributed by atoms with Gasteiger partial charge in [-0.15, -0.1) is 0 Å². The minimum Gasteiger partial charge on any atom is -0.494 e. The highest BCUT2D eigenvalue weighted by Gasteiger charge is 2.30. The number of amides is 2. The van der Waals surface area contributed by atoms with Crippen LogP contribution in [0.5, 0.6) is 5.75 Å². The van der Waals surface area contributed by atoms with Gasteiger partial charge in [0.2, 0.25) is 11.8 Å². The van der Waals surface area contributed by atoms with Crippen LogP contribution in [0.4, 0.5) is 0 Å². The Morgan fingerprint density at radius 2 is 1.62 bits per heavy atom. The lowest BCUT2D eigenvalue weighted by Crippen LogP contribution is -2.50. The van der Waals surface area contributed by atoms with Gasteiger partial charge in [-0.3, -0.25) is 9.59 Å². The topological polar surface area (TPSA) is 58.6 Å². The monoisotopic (exact) mass is 564 g/mol. The minimum absolute atomic E-state index is 0.0537. The van der Waals surface area contributed by atoms with Crippen molar-refractivity contribution in [3.05, 3.63) is 100 Å². The highest BCUT2D eigenvalue weighted by molar-refractivity contribution is 9.10. The number of halogens is 1. The number of ether oxygens (including phenoxy) is 1. The average molecular weight is 566 g/mol. The molecule has 2 amide bonds. The van der Waals surface area contributed by atoms with Gasteiger partial charge in [-0.25, -0.2) is 0 Å². The summed E-state index contributed by atoms with van der Waals surface area (Å²) >= 11 is 3.48. The minimum atomic E-state index is -0.603. The molecule has 0 aliphatic rings. The number of rotatable bonds is 14. The molecule has 0 aliphatic heterocycles. The summed E-state index contributed by atoms with van der Waals surface area (Å²) in [7, 11) is 0. The Bertz CT molecular complexity index is 1100. The largest absolute Gasteiger partial charge is 0.494 e. The molecule has 0 aliphatic carbocycles. The molecule has 0 saturated heterocycles. The zero-order valence-electron chi connectivity index (χ0n) is 21.8. The summed E-state index contributed by atoms with van der Waals surface area (Å²) in [6.07, 6.45) is 3.23. The molecule has 0 radical (unpaired) electrons. The summed E-state index contributed by atoms with van der Waals surface area (Å²) in [5.74, 6) is 0.627. The van der Waals surface area contributed by atoms with E-state index in [1.165, 1.54) is 5.56 Å². The van der Waals surface area contributed by atoms with Crippen molar-refractivity contribution in [1.29, 1.82) is 0 Å². The van der Waals surface area contributed by atoms with E-state index in [4.69, 9.17) is 4.74 Å². The highest BCUT2D eigenvalue weighted by atomic mass is 79.9. The van der Waals surface area contributed by atoms with Crippen LogP contribution in [-0.2, 0) is 22.6 Å². The maximum atomic E-state index is 13.6. The first-order valence-electron chi connectivity index (χ1n) is 13.0. The van der Waals surface area contributed by atoms with E-state index in [0.29, 0.717) is 39.0 Å². The lowest BCUT2D eigenvalue weighted by atomic mass is 10.0. The lowest BCUT2D eigenvalue weighted by Gasteiger charge is -2.31. The predicted molar refractivity (Wildman–Crippen MR) is 152 cm³/mol. The van der Waals surface area contributed by atoms with Gasteiger partial charge in [0, 0.05) is 30.4 Å². The molecule has 1 atom stereocenters. The van der Waals surface area contributed by atoms with Crippen molar-refractivity contribution in [3.63, 3.8) is 0 Å². The Morgan fingerprint density at radius 3 is 2.30 bits per heavy atom. The third kappa shape index (κ3) is 9.69. The van der Waals surface area contributed by atoms with Gasteiger partial charge in [0.15, 0.2) is 0 Å². The molecule has 0 aromatic heterocycles. The SMILES string of the molecule is CCCCNC(=O)[C@H](Cc1ccccc1)N(Cc1ccc(Br)cc1)C(=O)CCCOc1ccc(C)cc1. The summed E-state index contributed by atoms with van der Waals surface area (Å²) in [6.45, 7) is 5.53. The number of unbranched alkanes of at least 4 members (excludes halogenated alkanes) is 1. The Kier molecular flexibility index (Phi) is 11.7. The second-order valence-electron chi connectivity index (χ2n) is 9.26. The van der Waals surface area contributed by atoms with E-state index in [1.807, 2.05) is 85.8 Å². The number of aryl methyl sites for hydroxylation is 1. The zero-order valence-corrected chi connectivity index (χ0v) is 23.4. The van der Waals surface area contributed by atoms with Crippen LogP contribution < -0.4 is 10.1 Å². The fourth-order valence-electron chi connectivity index (χ4n) is 4.04. The molecule has 6 heteroatoms. The number of nitrogens with one attached hydrogen (secondary N) is 1. The highest BCUT2D eigenvalue weighted by Crippen LogP contribution is 2.19.